The van der Waals surface area contributed by atoms with Crippen LogP contribution in [0, 0.1) is 11.3 Å². The van der Waals surface area contributed by atoms with E-state index >= 15 is 0 Å². The summed E-state index contributed by atoms with van der Waals surface area (Å²) in [6, 6.07) is 7.90. The third-order valence-electron chi connectivity index (χ3n) is 5.01. The molecule has 0 spiro atoms. The molecule has 1 aromatic heterocycles. The van der Waals surface area contributed by atoms with E-state index in [1.54, 1.807) is 32.0 Å². The van der Waals surface area contributed by atoms with Gasteiger partial charge in [-0.25, -0.2) is 19.1 Å². The molecule has 0 saturated carbocycles. The molecular weight excluding hydrogens is 566 g/mol. The fourth-order valence-electron chi connectivity index (χ4n) is 3.30. The van der Waals surface area contributed by atoms with Crippen LogP contribution in [0.4, 0.5) is 5.95 Å². The molecule has 6 atom stereocenters. The van der Waals surface area contributed by atoms with E-state index in [1.165, 1.54) is 19.1 Å². The number of aliphatic hydroxyl groups excluding tert-OH is 1. The van der Waals surface area contributed by atoms with Crippen LogP contribution in [0.25, 0.3) is 0 Å². The van der Waals surface area contributed by atoms with Gasteiger partial charge in [0.2, 0.25) is 5.95 Å². The predicted molar refractivity (Wildman–Crippen MR) is 135 cm³/mol. The number of hydrogen-bond acceptors (Lipinski definition) is 12. The SMILES string of the molecule is CC(C)OC(=O)[C@H](C)O[P@](=O)(OC[C@H]1O[C@@H](n2cnc(N)nc2=O)C(Cl)(C#CCl)[C@H]1O)Oc1ccccc1. The summed E-state index contributed by atoms with van der Waals surface area (Å²) in [6.07, 6.45) is -5.24. The van der Waals surface area contributed by atoms with Crippen molar-refractivity contribution in [2.45, 2.75) is 56.3 Å². The van der Waals surface area contributed by atoms with Crippen LogP contribution in [-0.2, 0) is 27.9 Å². The monoisotopic (exact) mass is 590 g/mol. The second-order valence-corrected chi connectivity index (χ2v) is 10.6. The Morgan fingerprint density at radius 3 is 2.63 bits per heavy atom. The van der Waals surface area contributed by atoms with E-state index in [9.17, 15) is 19.3 Å². The van der Waals surface area contributed by atoms with Gasteiger partial charge in [-0.05, 0) is 44.5 Å². The first-order chi connectivity index (χ1) is 17.9. The molecule has 1 aromatic carbocycles. The summed E-state index contributed by atoms with van der Waals surface area (Å²) < 4.78 is 41.6. The van der Waals surface area contributed by atoms with Crippen molar-refractivity contribution in [2.24, 2.45) is 0 Å². The molecule has 0 amide bonds. The van der Waals surface area contributed by atoms with Crippen molar-refractivity contribution in [1.29, 1.82) is 0 Å². The number of para-hydroxylation sites is 1. The Labute approximate surface area is 227 Å². The van der Waals surface area contributed by atoms with E-state index in [1.807, 2.05) is 0 Å². The van der Waals surface area contributed by atoms with Crippen molar-refractivity contribution < 1.29 is 37.5 Å². The number of esters is 1. The number of anilines is 1. The Hall–Kier alpha value is -2.69. The molecule has 2 aromatic rings. The molecule has 0 aliphatic carbocycles. The van der Waals surface area contributed by atoms with Crippen molar-refractivity contribution in [3.63, 3.8) is 0 Å². The van der Waals surface area contributed by atoms with Crippen LogP contribution in [0.15, 0.2) is 41.5 Å². The van der Waals surface area contributed by atoms with E-state index in [0.29, 0.717) is 0 Å². The largest absolute Gasteiger partial charge is 0.530 e. The van der Waals surface area contributed by atoms with Gasteiger partial charge in [-0.15, -0.1) is 0 Å². The summed E-state index contributed by atoms with van der Waals surface area (Å²) in [5, 5.41) is 13.0. The van der Waals surface area contributed by atoms with Gasteiger partial charge in [0.05, 0.1) is 12.7 Å². The van der Waals surface area contributed by atoms with Crippen molar-refractivity contribution in [3.05, 3.63) is 47.1 Å². The van der Waals surface area contributed by atoms with Gasteiger partial charge < -0.3 is 24.8 Å². The number of ether oxygens (including phenoxy) is 2. The van der Waals surface area contributed by atoms with E-state index in [-0.39, 0.29) is 11.7 Å². The van der Waals surface area contributed by atoms with Gasteiger partial charge in [0.25, 0.3) is 0 Å². The van der Waals surface area contributed by atoms with Crippen molar-refractivity contribution in [3.8, 4) is 17.0 Å². The van der Waals surface area contributed by atoms with Crippen molar-refractivity contribution >= 4 is 42.9 Å². The predicted octanol–water partition coefficient (Wildman–Crippen LogP) is 2.22. The number of carbonyl (C=O) groups is 1. The fraction of sp³-hybridized carbons (Fsp3) is 0.455. The Morgan fingerprint density at radius 1 is 1.34 bits per heavy atom. The van der Waals surface area contributed by atoms with Crippen LogP contribution in [0.1, 0.15) is 27.0 Å². The molecule has 13 nitrogen and oxygen atoms in total. The lowest BCUT2D eigenvalue weighted by Gasteiger charge is -2.25. The van der Waals surface area contributed by atoms with Crippen LogP contribution in [0.5, 0.6) is 5.75 Å². The van der Waals surface area contributed by atoms with Gasteiger partial charge in [0.1, 0.15) is 24.3 Å². The molecule has 1 unspecified atom stereocenters. The molecule has 1 saturated heterocycles. The van der Waals surface area contributed by atoms with E-state index < -0.39 is 61.6 Å². The Balaban J connectivity index is 1.86. The normalized spacial score (nSPS) is 25.2. The number of alkyl halides is 1. The van der Waals surface area contributed by atoms with Gasteiger partial charge >= 0.3 is 19.5 Å². The molecule has 206 valence electrons. The molecular formula is C22H25Cl2N4O9P. The molecule has 1 aliphatic rings. The van der Waals surface area contributed by atoms with Crippen LogP contribution in [-0.4, -0.2) is 61.5 Å². The average Bonchev–Trinajstić information content (AvgIpc) is 3.08. The van der Waals surface area contributed by atoms with Gasteiger partial charge in [-0.3, -0.25) is 13.6 Å². The third-order valence-corrected chi connectivity index (χ3v) is 7.08. The summed E-state index contributed by atoms with van der Waals surface area (Å²) in [4.78, 5) is 29.9. The second-order valence-electron chi connectivity index (χ2n) is 8.24. The van der Waals surface area contributed by atoms with Gasteiger partial charge in [-0.2, -0.15) is 4.98 Å². The molecule has 3 N–H and O–H groups in total. The van der Waals surface area contributed by atoms with Crippen LogP contribution in [0.3, 0.4) is 0 Å². The number of halogens is 2. The molecule has 1 aliphatic heterocycles. The smallest absolute Gasteiger partial charge is 0.461 e. The number of aromatic nitrogens is 3. The van der Waals surface area contributed by atoms with Crippen LogP contribution >= 0.6 is 31.0 Å². The Kier molecular flexibility index (Phi) is 9.78. The maximum absolute atomic E-state index is 13.6. The minimum Gasteiger partial charge on any atom is -0.461 e. The maximum Gasteiger partial charge on any atom is 0.530 e. The van der Waals surface area contributed by atoms with Crippen molar-refractivity contribution in [2.75, 3.05) is 12.3 Å². The quantitative estimate of drug-likeness (QED) is 0.179. The molecule has 1 fully saturated rings. The molecule has 3 rings (SSSR count). The number of phosphoric ester groups is 1. The molecule has 16 heteroatoms. The summed E-state index contributed by atoms with van der Waals surface area (Å²) in [5.74, 6) is 1.41. The summed E-state index contributed by atoms with van der Waals surface area (Å²) in [7, 11) is -4.55. The number of aliphatic hydroxyl groups is 1. The molecule has 0 bridgehead atoms. The highest BCUT2D eigenvalue weighted by atomic mass is 35.5. The lowest BCUT2D eigenvalue weighted by Crippen LogP contribution is -2.43. The molecule has 38 heavy (non-hydrogen) atoms. The zero-order valence-corrected chi connectivity index (χ0v) is 22.8. The number of carbonyl (C=O) groups excluding carboxylic acids is 1. The number of hydrogen-bond donors (Lipinski definition) is 2. The highest BCUT2D eigenvalue weighted by Crippen LogP contribution is 2.52. The average molecular weight is 591 g/mol. The first-order valence-corrected chi connectivity index (χ1v) is 13.3. The van der Waals surface area contributed by atoms with Gasteiger partial charge in [-0.1, -0.05) is 35.7 Å². The standard InChI is InChI=1S/C22H25Cl2N4O9P/c1-13(2)34-18(30)14(3)36-38(32,37-15-7-5-4-6-8-15)33-11-16-17(29)22(24,9-10-23)19(35-16)28-12-26-20(25)27-21(28)31/h4-8,12-14,16-17,19,29H,11H2,1-3H3,(H2,25,27,31)/t14-,16+,17-,19+,22?,38-/m0/s1. The lowest BCUT2D eigenvalue weighted by molar-refractivity contribution is -0.156. The summed E-state index contributed by atoms with van der Waals surface area (Å²) >= 11 is 12.1. The second kappa shape index (κ2) is 12.4. The molecule has 0 radical (unpaired) electrons. The Bertz CT molecular complexity index is 1300. The number of phosphoric acid groups is 1. The number of benzene rings is 1. The van der Waals surface area contributed by atoms with Crippen LogP contribution < -0.4 is 15.9 Å². The van der Waals surface area contributed by atoms with Crippen molar-refractivity contribution in [1.82, 2.24) is 14.5 Å². The maximum atomic E-state index is 13.6. The first-order valence-electron chi connectivity index (χ1n) is 11.1. The Morgan fingerprint density at radius 2 is 2.03 bits per heavy atom. The number of nitrogen functional groups attached to an aromatic ring is 1. The zero-order chi connectivity index (χ0) is 28.1. The third kappa shape index (κ3) is 7.03. The highest BCUT2D eigenvalue weighted by molar-refractivity contribution is 7.49. The van der Waals surface area contributed by atoms with E-state index in [2.05, 4.69) is 21.3 Å². The summed E-state index contributed by atoms with van der Waals surface area (Å²) in [6.45, 7) is 3.93. The topological polar surface area (TPSA) is 174 Å². The number of nitrogens with two attached hydrogens (primary N) is 1. The minimum absolute atomic E-state index is 0.108. The lowest BCUT2D eigenvalue weighted by atomic mass is 9.99. The van der Waals surface area contributed by atoms with Gasteiger partial charge in [0.15, 0.2) is 17.2 Å². The molecule has 2 heterocycles. The number of rotatable bonds is 10. The van der Waals surface area contributed by atoms with E-state index in [0.717, 1.165) is 10.9 Å². The first kappa shape index (κ1) is 29.9. The van der Waals surface area contributed by atoms with Gasteiger partial charge in [0, 0.05) is 5.38 Å². The zero-order valence-electron chi connectivity index (χ0n) is 20.4. The summed E-state index contributed by atoms with van der Waals surface area (Å²) in [5.41, 5.74) is 4.54. The highest BCUT2D eigenvalue weighted by Gasteiger charge is 2.57. The van der Waals surface area contributed by atoms with Crippen LogP contribution in [0.2, 0.25) is 0 Å². The fourth-order valence-corrected chi connectivity index (χ4v) is 5.19. The van der Waals surface area contributed by atoms with E-state index in [4.69, 9.17) is 52.0 Å². The minimum atomic E-state index is -4.55. The number of nitrogens with zero attached hydrogens (tertiary/aromatic N) is 3.